The second-order valence-corrected chi connectivity index (χ2v) is 10.2. The standard InChI is InChI=1S/C23H35NO3/c1-14(24-26)19-7-8-20-18-6-5-16-13-17(27-15(2)25)9-11-22(16,3)21(18)10-12-23(19,20)4/h7,16-18,20-21,26H,5-6,8-13H2,1-4H3/b24-14+/t16-,17?,18?,20?,21?,22-,23+/m0/s1. The zero-order valence-electron chi connectivity index (χ0n) is 17.3. The quantitative estimate of drug-likeness (QED) is 0.307. The van der Waals surface area contributed by atoms with Gasteiger partial charge in [-0.2, -0.15) is 0 Å². The Labute approximate surface area is 163 Å². The number of rotatable bonds is 2. The molecule has 0 aromatic rings. The van der Waals surface area contributed by atoms with Crippen molar-refractivity contribution in [1.29, 1.82) is 0 Å². The molecule has 4 rings (SSSR count). The second-order valence-electron chi connectivity index (χ2n) is 10.2. The molecule has 7 atom stereocenters. The average Bonchev–Trinajstić information content (AvgIpc) is 2.98. The zero-order valence-corrected chi connectivity index (χ0v) is 17.3. The van der Waals surface area contributed by atoms with E-state index >= 15 is 0 Å². The molecule has 0 saturated heterocycles. The molecule has 0 aliphatic heterocycles. The van der Waals surface area contributed by atoms with Gasteiger partial charge < -0.3 is 9.94 Å². The van der Waals surface area contributed by atoms with Crippen molar-refractivity contribution in [2.75, 3.05) is 0 Å². The molecule has 0 aromatic carbocycles. The summed E-state index contributed by atoms with van der Waals surface area (Å²) in [6.45, 7) is 8.42. The lowest BCUT2D eigenvalue weighted by atomic mass is 9.44. The summed E-state index contributed by atoms with van der Waals surface area (Å²) in [5.41, 5.74) is 2.67. The Morgan fingerprint density at radius 2 is 1.93 bits per heavy atom. The van der Waals surface area contributed by atoms with Gasteiger partial charge >= 0.3 is 5.97 Å². The minimum Gasteiger partial charge on any atom is -0.463 e. The number of nitrogens with zero attached hydrogens (tertiary/aromatic N) is 1. The van der Waals surface area contributed by atoms with E-state index in [2.05, 4.69) is 25.1 Å². The van der Waals surface area contributed by atoms with Gasteiger partial charge in [0.1, 0.15) is 6.10 Å². The second kappa shape index (κ2) is 6.63. The van der Waals surface area contributed by atoms with E-state index < -0.39 is 0 Å². The van der Waals surface area contributed by atoms with Crippen LogP contribution in [0.2, 0.25) is 0 Å². The van der Waals surface area contributed by atoms with Gasteiger partial charge in [-0.05, 0) is 98.4 Å². The summed E-state index contributed by atoms with van der Waals surface area (Å²) in [7, 11) is 0. The van der Waals surface area contributed by atoms with Crippen LogP contribution >= 0.6 is 0 Å². The first-order valence-corrected chi connectivity index (χ1v) is 10.9. The van der Waals surface area contributed by atoms with Crippen LogP contribution in [0.5, 0.6) is 0 Å². The Morgan fingerprint density at radius 1 is 1.15 bits per heavy atom. The fraction of sp³-hybridized carbons (Fsp3) is 0.826. The van der Waals surface area contributed by atoms with Gasteiger partial charge in [-0.15, -0.1) is 0 Å². The minimum absolute atomic E-state index is 0.129. The van der Waals surface area contributed by atoms with Crippen LogP contribution in [-0.2, 0) is 9.53 Å². The lowest BCUT2D eigenvalue weighted by Gasteiger charge is -2.60. The van der Waals surface area contributed by atoms with E-state index in [0.29, 0.717) is 17.3 Å². The molecule has 4 aliphatic rings. The van der Waals surface area contributed by atoms with E-state index in [1.54, 1.807) is 0 Å². The zero-order chi connectivity index (χ0) is 19.4. The fourth-order valence-corrected chi connectivity index (χ4v) is 7.74. The number of hydrogen-bond acceptors (Lipinski definition) is 4. The Morgan fingerprint density at radius 3 is 2.63 bits per heavy atom. The van der Waals surface area contributed by atoms with Crippen LogP contribution in [0.15, 0.2) is 16.8 Å². The van der Waals surface area contributed by atoms with Crippen molar-refractivity contribution >= 4 is 11.7 Å². The van der Waals surface area contributed by atoms with Crippen molar-refractivity contribution in [3.8, 4) is 0 Å². The number of ether oxygens (including phenoxy) is 1. The molecule has 0 spiro atoms. The van der Waals surface area contributed by atoms with E-state index in [-0.39, 0.29) is 17.5 Å². The third-order valence-corrected chi connectivity index (χ3v) is 9.07. The number of carbonyl (C=O) groups is 1. The van der Waals surface area contributed by atoms with E-state index in [1.165, 1.54) is 44.6 Å². The number of hydrogen-bond donors (Lipinski definition) is 1. The normalized spacial score (nSPS) is 46.7. The van der Waals surface area contributed by atoms with Crippen LogP contribution in [-0.4, -0.2) is 23.0 Å². The maximum atomic E-state index is 11.4. The van der Waals surface area contributed by atoms with Gasteiger partial charge in [0.25, 0.3) is 0 Å². The molecule has 150 valence electrons. The van der Waals surface area contributed by atoms with Gasteiger partial charge in [0.05, 0.1) is 5.71 Å². The molecule has 27 heavy (non-hydrogen) atoms. The van der Waals surface area contributed by atoms with Gasteiger partial charge in [-0.25, -0.2) is 0 Å². The topological polar surface area (TPSA) is 58.9 Å². The van der Waals surface area contributed by atoms with Crippen LogP contribution in [0.3, 0.4) is 0 Å². The molecule has 4 aliphatic carbocycles. The van der Waals surface area contributed by atoms with Gasteiger partial charge in [0.2, 0.25) is 0 Å². The van der Waals surface area contributed by atoms with Crippen molar-refractivity contribution in [2.24, 2.45) is 39.7 Å². The minimum atomic E-state index is -0.129. The molecule has 0 aromatic heterocycles. The fourth-order valence-electron chi connectivity index (χ4n) is 7.74. The van der Waals surface area contributed by atoms with Crippen LogP contribution < -0.4 is 0 Å². The summed E-state index contributed by atoms with van der Waals surface area (Å²) in [6.07, 6.45) is 11.9. The molecule has 4 unspecified atom stereocenters. The highest BCUT2D eigenvalue weighted by molar-refractivity contribution is 5.99. The van der Waals surface area contributed by atoms with Crippen LogP contribution in [0.4, 0.5) is 0 Å². The van der Waals surface area contributed by atoms with Crippen molar-refractivity contribution in [3.63, 3.8) is 0 Å². The first kappa shape index (κ1) is 19.0. The number of allylic oxidation sites excluding steroid dienone is 2. The van der Waals surface area contributed by atoms with Crippen LogP contribution in [0, 0.1) is 34.5 Å². The summed E-state index contributed by atoms with van der Waals surface area (Å²) >= 11 is 0. The molecule has 4 nitrogen and oxygen atoms in total. The maximum absolute atomic E-state index is 11.4. The molecule has 3 fully saturated rings. The lowest BCUT2D eigenvalue weighted by Crippen LogP contribution is -2.54. The van der Waals surface area contributed by atoms with E-state index in [9.17, 15) is 10.0 Å². The first-order valence-electron chi connectivity index (χ1n) is 10.9. The predicted molar refractivity (Wildman–Crippen MR) is 106 cm³/mol. The third kappa shape index (κ3) is 2.86. The molecular weight excluding hydrogens is 338 g/mol. The van der Waals surface area contributed by atoms with E-state index in [4.69, 9.17) is 4.74 Å². The van der Waals surface area contributed by atoms with Gasteiger partial charge in [-0.1, -0.05) is 25.1 Å². The van der Waals surface area contributed by atoms with Crippen molar-refractivity contribution in [3.05, 3.63) is 11.6 Å². The number of carbonyl (C=O) groups excluding carboxylic acids is 1. The SMILES string of the molecule is CC(=O)OC1CC[C@]2(C)C3CC[C@]4(C)C(/C(C)=N/O)=CCC4C3CC[C@H]2C1. The molecular formula is C23H35NO3. The Bertz CT molecular complexity index is 683. The monoisotopic (exact) mass is 373 g/mol. The first-order chi connectivity index (χ1) is 12.8. The predicted octanol–water partition coefficient (Wildman–Crippen LogP) is 5.35. The van der Waals surface area contributed by atoms with E-state index in [1.807, 2.05) is 6.92 Å². The molecule has 1 N–H and O–H groups in total. The van der Waals surface area contributed by atoms with Gasteiger partial charge in [0.15, 0.2) is 0 Å². The lowest BCUT2D eigenvalue weighted by molar-refractivity contribution is -0.158. The van der Waals surface area contributed by atoms with Crippen molar-refractivity contribution in [2.45, 2.75) is 85.2 Å². The van der Waals surface area contributed by atoms with Crippen LogP contribution in [0.25, 0.3) is 0 Å². The number of oxime groups is 1. The summed E-state index contributed by atoms with van der Waals surface area (Å²) < 4.78 is 5.58. The summed E-state index contributed by atoms with van der Waals surface area (Å²) in [6, 6.07) is 0. The molecule has 0 amide bonds. The third-order valence-electron chi connectivity index (χ3n) is 9.07. The molecule has 0 heterocycles. The highest BCUT2D eigenvalue weighted by atomic mass is 16.5. The Kier molecular flexibility index (Phi) is 4.67. The molecule has 0 bridgehead atoms. The smallest absolute Gasteiger partial charge is 0.302 e. The van der Waals surface area contributed by atoms with Gasteiger partial charge in [0, 0.05) is 6.92 Å². The van der Waals surface area contributed by atoms with Crippen molar-refractivity contribution < 1.29 is 14.7 Å². The molecule has 4 heteroatoms. The Balaban J connectivity index is 1.54. The highest BCUT2D eigenvalue weighted by Crippen LogP contribution is 2.66. The number of fused-ring (bicyclic) bond motifs is 5. The number of esters is 1. The average molecular weight is 374 g/mol. The maximum Gasteiger partial charge on any atom is 0.302 e. The summed E-state index contributed by atoms with van der Waals surface area (Å²) in [5.74, 6) is 2.81. The molecule has 0 radical (unpaired) electrons. The largest absolute Gasteiger partial charge is 0.463 e. The highest BCUT2D eigenvalue weighted by Gasteiger charge is 2.59. The summed E-state index contributed by atoms with van der Waals surface area (Å²) in [5, 5.41) is 12.9. The van der Waals surface area contributed by atoms with Crippen LogP contribution in [0.1, 0.15) is 79.1 Å². The van der Waals surface area contributed by atoms with Crippen molar-refractivity contribution in [1.82, 2.24) is 0 Å². The van der Waals surface area contributed by atoms with Gasteiger partial charge in [-0.3, -0.25) is 4.79 Å². The Hall–Kier alpha value is -1.32. The molecule has 3 saturated carbocycles. The van der Waals surface area contributed by atoms with E-state index in [0.717, 1.165) is 36.8 Å². The summed E-state index contributed by atoms with van der Waals surface area (Å²) in [4.78, 5) is 11.4.